The Balaban J connectivity index is 2.44. The lowest BCUT2D eigenvalue weighted by Crippen LogP contribution is -2.49. The van der Waals surface area contributed by atoms with E-state index < -0.39 is 5.60 Å². The van der Waals surface area contributed by atoms with Crippen molar-refractivity contribution < 1.29 is 14.6 Å². The normalized spacial score (nSPS) is 29.6. The van der Waals surface area contributed by atoms with E-state index in [0.29, 0.717) is 25.5 Å². The number of ether oxygens (including phenoxy) is 1. The van der Waals surface area contributed by atoms with E-state index in [4.69, 9.17) is 10.5 Å². The molecule has 0 bridgehead atoms. The summed E-state index contributed by atoms with van der Waals surface area (Å²) in [4.78, 5) is 12.0. The van der Waals surface area contributed by atoms with Gasteiger partial charge in [0.2, 0.25) is 5.91 Å². The quantitative estimate of drug-likeness (QED) is 0.638. The summed E-state index contributed by atoms with van der Waals surface area (Å²) in [6.07, 6.45) is 1.10. The Morgan fingerprint density at radius 1 is 1.61 bits per heavy atom. The molecule has 5 heteroatoms. The van der Waals surface area contributed by atoms with Crippen LogP contribution in [-0.2, 0) is 9.53 Å². The summed E-state index contributed by atoms with van der Waals surface area (Å²) in [5, 5.41) is 13.1. The van der Waals surface area contributed by atoms with Gasteiger partial charge in [0.05, 0.1) is 12.0 Å². The fraction of sp³-hybridized carbons (Fsp3) is 0.923. The molecule has 0 aromatic carbocycles. The molecule has 0 aliphatic carbocycles. The van der Waals surface area contributed by atoms with Crippen molar-refractivity contribution in [3.05, 3.63) is 0 Å². The molecule has 1 aliphatic rings. The molecule has 0 aromatic rings. The maximum Gasteiger partial charge on any atom is 0.224 e. The first-order chi connectivity index (χ1) is 8.39. The van der Waals surface area contributed by atoms with Gasteiger partial charge in [-0.05, 0) is 19.3 Å². The molecule has 1 heterocycles. The highest BCUT2D eigenvalue weighted by molar-refractivity contribution is 5.78. The van der Waals surface area contributed by atoms with Gasteiger partial charge < -0.3 is 20.9 Å². The fourth-order valence-corrected chi connectivity index (χ4v) is 2.27. The number of amides is 1. The van der Waals surface area contributed by atoms with E-state index in [1.165, 1.54) is 0 Å². The standard InChI is InChI=1S/C13H26N2O3/c1-9(2)6-11(7-14)12(16)15-8-13(17)4-5-18-10(13)3/h9-11,17H,4-8,14H2,1-3H3,(H,15,16). The average Bonchev–Trinajstić information content (AvgIpc) is 2.64. The predicted octanol–water partition coefficient (Wildman–Crippen LogP) is 0.264. The van der Waals surface area contributed by atoms with Crippen molar-refractivity contribution in [3.63, 3.8) is 0 Å². The van der Waals surface area contributed by atoms with E-state index in [0.717, 1.165) is 6.42 Å². The molecular formula is C13H26N2O3. The Morgan fingerprint density at radius 2 is 2.28 bits per heavy atom. The lowest BCUT2D eigenvalue weighted by atomic mass is 9.94. The van der Waals surface area contributed by atoms with Crippen molar-refractivity contribution in [2.75, 3.05) is 19.7 Å². The summed E-state index contributed by atoms with van der Waals surface area (Å²) in [5.74, 6) is 0.186. The second kappa shape index (κ2) is 6.50. The summed E-state index contributed by atoms with van der Waals surface area (Å²) in [6.45, 7) is 7.08. The molecule has 1 rings (SSSR count). The summed E-state index contributed by atoms with van der Waals surface area (Å²) < 4.78 is 5.33. The zero-order valence-electron chi connectivity index (χ0n) is 11.6. The maximum atomic E-state index is 12.0. The highest BCUT2D eigenvalue weighted by atomic mass is 16.5. The van der Waals surface area contributed by atoms with Gasteiger partial charge in [-0.1, -0.05) is 13.8 Å². The van der Waals surface area contributed by atoms with Gasteiger partial charge in [-0.25, -0.2) is 0 Å². The Bertz CT molecular complexity index is 283. The number of rotatable bonds is 6. The highest BCUT2D eigenvalue weighted by Gasteiger charge is 2.40. The number of hydrogen-bond acceptors (Lipinski definition) is 4. The summed E-state index contributed by atoms with van der Waals surface area (Å²) in [7, 11) is 0. The van der Waals surface area contributed by atoms with Crippen molar-refractivity contribution >= 4 is 5.91 Å². The molecule has 0 aromatic heterocycles. The van der Waals surface area contributed by atoms with Crippen LogP contribution in [0.2, 0.25) is 0 Å². The molecule has 18 heavy (non-hydrogen) atoms. The van der Waals surface area contributed by atoms with Crippen LogP contribution in [0.25, 0.3) is 0 Å². The number of aliphatic hydroxyl groups is 1. The number of carbonyl (C=O) groups excluding carboxylic acids is 1. The molecule has 1 fully saturated rings. The first kappa shape index (κ1) is 15.4. The van der Waals surface area contributed by atoms with Crippen LogP contribution in [-0.4, -0.2) is 42.4 Å². The van der Waals surface area contributed by atoms with Crippen molar-refractivity contribution in [3.8, 4) is 0 Å². The van der Waals surface area contributed by atoms with E-state index in [1.54, 1.807) is 0 Å². The van der Waals surface area contributed by atoms with Gasteiger partial charge >= 0.3 is 0 Å². The molecule has 0 radical (unpaired) electrons. The van der Waals surface area contributed by atoms with Gasteiger partial charge in [0.15, 0.2) is 0 Å². The van der Waals surface area contributed by atoms with Crippen LogP contribution in [0.1, 0.15) is 33.6 Å². The van der Waals surface area contributed by atoms with Crippen LogP contribution in [0, 0.1) is 11.8 Å². The number of nitrogens with two attached hydrogens (primary N) is 1. The first-order valence-corrected chi connectivity index (χ1v) is 6.71. The molecule has 1 saturated heterocycles. The zero-order chi connectivity index (χ0) is 13.8. The third-order valence-electron chi connectivity index (χ3n) is 3.64. The molecule has 0 saturated carbocycles. The van der Waals surface area contributed by atoms with E-state index in [-0.39, 0.29) is 24.5 Å². The van der Waals surface area contributed by atoms with Crippen LogP contribution >= 0.6 is 0 Å². The predicted molar refractivity (Wildman–Crippen MR) is 70.0 cm³/mol. The Hall–Kier alpha value is -0.650. The Morgan fingerprint density at radius 3 is 2.72 bits per heavy atom. The van der Waals surface area contributed by atoms with Crippen LogP contribution in [0.4, 0.5) is 0 Å². The van der Waals surface area contributed by atoms with Crippen molar-refractivity contribution in [2.24, 2.45) is 17.6 Å². The SMILES string of the molecule is CC(C)CC(CN)C(=O)NCC1(O)CCOC1C. The zero-order valence-corrected chi connectivity index (χ0v) is 11.6. The number of hydrogen-bond donors (Lipinski definition) is 3. The number of nitrogens with one attached hydrogen (secondary N) is 1. The van der Waals surface area contributed by atoms with Crippen molar-refractivity contribution in [1.29, 1.82) is 0 Å². The summed E-state index contributed by atoms with van der Waals surface area (Å²) >= 11 is 0. The molecule has 106 valence electrons. The van der Waals surface area contributed by atoms with Gasteiger partial charge in [0, 0.05) is 26.1 Å². The van der Waals surface area contributed by atoms with Crippen LogP contribution in [0.3, 0.4) is 0 Å². The Kier molecular flexibility index (Phi) is 5.56. The van der Waals surface area contributed by atoms with Crippen LogP contribution in [0.5, 0.6) is 0 Å². The smallest absolute Gasteiger partial charge is 0.224 e. The molecule has 1 amide bonds. The Labute approximate surface area is 109 Å². The largest absolute Gasteiger partial charge is 0.385 e. The minimum absolute atomic E-state index is 0.0706. The lowest BCUT2D eigenvalue weighted by molar-refractivity contribution is -0.127. The molecule has 4 N–H and O–H groups in total. The van der Waals surface area contributed by atoms with Gasteiger partial charge in [0.25, 0.3) is 0 Å². The second-order valence-corrected chi connectivity index (χ2v) is 5.65. The lowest BCUT2D eigenvalue weighted by Gasteiger charge is -2.27. The second-order valence-electron chi connectivity index (χ2n) is 5.65. The monoisotopic (exact) mass is 258 g/mol. The van der Waals surface area contributed by atoms with Gasteiger partial charge in [-0.15, -0.1) is 0 Å². The minimum atomic E-state index is -0.938. The van der Waals surface area contributed by atoms with Crippen LogP contribution < -0.4 is 11.1 Å². The van der Waals surface area contributed by atoms with Gasteiger partial charge in [0.1, 0.15) is 5.60 Å². The van der Waals surface area contributed by atoms with Gasteiger partial charge in [-0.3, -0.25) is 4.79 Å². The van der Waals surface area contributed by atoms with Crippen LogP contribution in [0.15, 0.2) is 0 Å². The third kappa shape index (κ3) is 3.93. The van der Waals surface area contributed by atoms with E-state index in [2.05, 4.69) is 19.2 Å². The topological polar surface area (TPSA) is 84.6 Å². The summed E-state index contributed by atoms with van der Waals surface area (Å²) in [5.41, 5.74) is 4.68. The molecule has 1 aliphatic heterocycles. The summed E-state index contributed by atoms with van der Waals surface area (Å²) in [6, 6.07) is 0. The molecular weight excluding hydrogens is 232 g/mol. The van der Waals surface area contributed by atoms with Gasteiger partial charge in [-0.2, -0.15) is 0 Å². The van der Waals surface area contributed by atoms with Crippen molar-refractivity contribution in [1.82, 2.24) is 5.32 Å². The molecule has 5 nitrogen and oxygen atoms in total. The van der Waals surface area contributed by atoms with E-state index in [1.807, 2.05) is 6.92 Å². The van der Waals surface area contributed by atoms with Crippen molar-refractivity contribution in [2.45, 2.75) is 45.3 Å². The highest BCUT2D eigenvalue weighted by Crippen LogP contribution is 2.24. The first-order valence-electron chi connectivity index (χ1n) is 6.71. The average molecular weight is 258 g/mol. The maximum absolute atomic E-state index is 12.0. The fourth-order valence-electron chi connectivity index (χ4n) is 2.27. The minimum Gasteiger partial charge on any atom is -0.385 e. The van der Waals surface area contributed by atoms with E-state index in [9.17, 15) is 9.90 Å². The molecule has 0 spiro atoms. The third-order valence-corrected chi connectivity index (χ3v) is 3.64. The molecule has 3 atom stereocenters. The number of carbonyl (C=O) groups is 1. The molecule has 3 unspecified atom stereocenters. The van der Waals surface area contributed by atoms with E-state index >= 15 is 0 Å².